The molecule has 24 heavy (non-hydrogen) atoms. The van der Waals surface area contributed by atoms with E-state index in [1.165, 1.54) is 12.1 Å². The topological polar surface area (TPSA) is 81.1 Å². The normalized spacial score (nSPS) is 12.4. The van der Waals surface area contributed by atoms with Crippen molar-refractivity contribution in [3.05, 3.63) is 33.6 Å². The molecule has 0 saturated carbocycles. The molecule has 0 unspecified atom stereocenters. The Morgan fingerprint density at radius 3 is 2.54 bits per heavy atom. The lowest BCUT2D eigenvalue weighted by Gasteiger charge is -2.07. The molecule has 2 heterocycles. The summed E-state index contributed by atoms with van der Waals surface area (Å²) in [5, 5.41) is -0.392. The molecule has 0 aliphatic heterocycles. The van der Waals surface area contributed by atoms with Gasteiger partial charge in [-0.3, -0.25) is 4.79 Å². The van der Waals surface area contributed by atoms with Crippen LogP contribution < -0.4 is 4.72 Å². The number of thiophene rings is 1. The number of aromatic nitrogens is 2. The molecule has 0 aliphatic carbocycles. The Morgan fingerprint density at radius 1 is 1.33 bits per heavy atom. The van der Waals surface area contributed by atoms with Gasteiger partial charge in [-0.25, -0.2) is 18.1 Å². The van der Waals surface area contributed by atoms with Crippen LogP contribution >= 0.6 is 34.5 Å². The summed E-state index contributed by atoms with van der Waals surface area (Å²) in [4.78, 5) is 15.5. The number of nitrogens with zero attached hydrogens (tertiary/aromatic N) is 2. The van der Waals surface area contributed by atoms with E-state index in [4.69, 9.17) is 23.2 Å². The van der Waals surface area contributed by atoms with Crippen molar-refractivity contribution in [3.8, 4) is 0 Å². The molecule has 0 atom stereocenters. The number of aryl methyl sites for hydroxylation is 1. The number of nitrogens with one attached hydrogen (secondary N) is 1. The third kappa shape index (κ3) is 4.62. The lowest BCUT2D eigenvalue weighted by molar-refractivity contribution is -0.136. The van der Waals surface area contributed by atoms with E-state index < -0.39 is 45.9 Å². The summed E-state index contributed by atoms with van der Waals surface area (Å²) in [6.07, 6.45) is -4.65. The van der Waals surface area contributed by atoms with Crippen LogP contribution in [0.4, 0.5) is 13.2 Å². The van der Waals surface area contributed by atoms with E-state index in [2.05, 4.69) is 4.98 Å². The molecule has 0 aliphatic rings. The highest BCUT2D eigenvalue weighted by atomic mass is 35.5. The summed E-state index contributed by atoms with van der Waals surface area (Å²) >= 11 is 12.2. The SMILES string of the molecule is O=C(NS(=O)(=O)c1ccc(Cl)s1)c1ncn(CCC(F)(F)F)c1Cl. The molecular weight excluding hydrogens is 414 g/mol. The van der Waals surface area contributed by atoms with Crippen LogP contribution in [0, 0.1) is 0 Å². The molecule has 0 aromatic carbocycles. The molecule has 13 heteroatoms. The van der Waals surface area contributed by atoms with Gasteiger partial charge in [0.15, 0.2) is 5.69 Å². The first kappa shape index (κ1) is 19.0. The summed E-state index contributed by atoms with van der Waals surface area (Å²) in [6, 6.07) is 2.54. The Kier molecular flexibility index (Phi) is 5.47. The van der Waals surface area contributed by atoms with Crippen LogP contribution in [0.5, 0.6) is 0 Å². The second kappa shape index (κ2) is 6.90. The third-order valence-corrected chi connectivity index (χ3v) is 6.12. The van der Waals surface area contributed by atoms with Crippen molar-refractivity contribution >= 4 is 50.5 Å². The van der Waals surface area contributed by atoms with E-state index in [0.29, 0.717) is 0 Å². The minimum absolute atomic E-state index is 0.200. The van der Waals surface area contributed by atoms with Gasteiger partial charge in [-0.05, 0) is 12.1 Å². The number of amides is 1. The number of hydrogen-bond acceptors (Lipinski definition) is 5. The zero-order chi connectivity index (χ0) is 18.1. The first-order valence-electron chi connectivity index (χ1n) is 6.09. The van der Waals surface area contributed by atoms with Crippen molar-refractivity contribution in [2.45, 2.75) is 23.4 Å². The summed E-state index contributed by atoms with van der Waals surface area (Å²) in [7, 11) is -4.18. The van der Waals surface area contributed by atoms with Crippen molar-refractivity contribution in [3.63, 3.8) is 0 Å². The number of hydrogen-bond donors (Lipinski definition) is 1. The molecule has 2 aromatic heterocycles. The number of imidazole rings is 1. The fourth-order valence-electron chi connectivity index (χ4n) is 1.59. The largest absolute Gasteiger partial charge is 0.390 e. The van der Waals surface area contributed by atoms with E-state index in [1.54, 1.807) is 4.72 Å². The van der Waals surface area contributed by atoms with E-state index >= 15 is 0 Å². The van der Waals surface area contributed by atoms with Gasteiger partial charge < -0.3 is 4.57 Å². The maximum absolute atomic E-state index is 12.2. The van der Waals surface area contributed by atoms with E-state index in [9.17, 15) is 26.4 Å². The monoisotopic (exact) mass is 421 g/mol. The summed E-state index contributed by atoms with van der Waals surface area (Å²) in [5.74, 6) is -1.16. The maximum Gasteiger partial charge on any atom is 0.390 e. The van der Waals surface area contributed by atoms with Crippen molar-refractivity contribution in [1.82, 2.24) is 14.3 Å². The van der Waals surface area contributed by atoms with Gasteiger partial charge in [0.2, 0.25) is 0 Å². The highest BCUT2D eigenvalue weighted by molar-refractivity contribution is 7.92. The second-order valence-electron chi connectivity index (χ2n) is 4.44. The van der Waals surface area contributed by atoms with Crippen LogP contribution in [0.1, 0.15) is 16.9 Å². The Bertz CT molecular complexity index is 861. The fourth-order valence-corrected chi connectivity index (χ4v) is 4.28. The van der Waals surface area contributed by atoms with Gasteiger partial charge in [0.1, 0.15) is 9.36 Å². The molecule has 0 bridgehead atoms. The lowest BCUT2D eigenvalue weighted by Crippen LogP contribution is -2.30. The molecule has 6 nitrogen and oxygen atoms in total. The Labute approximate surface area is 148 Å². The van der Waals surface area contributed by atoms with Gasteiger partial charge >= 0.3 is 6.18 Å². The summed E-state index contributed by atoms with van der Waals surface area (Å²) < 4.78 is 63.3. The number of carbonyl (C=O) groups excluding carboxylic acids is 1. The van der Waals surface area contributed by atoms with E-state index in [1.807, 2.05) is 0 Å². The first-order valence-corrected chi connectivity index (χ1v) is 9.15. The second-order valence-corrected chi connectivity index (χ2v) is 8.42. The summed E-state index contributed by atoms with van der Waals surface area (Å²) in [5.41, 5.74) is -0.495. The Balaban J connectivity index is 2.15. The van der Waals surface area contributed by atoms with Gasteiger partial charge in [-0.15, -0.1) is 11.3 Å². The predicted octanol–water partition coefficient (Wildman–Crippen LogP) is 3.32. The molecule has 1 N–H and O–H groups in total. The molecule has 2 rings (SSSR count). The average Bonchev–Trinajstić information content (AvgIpc) is 3.02. The predicted molar refractivity (Wildman–Crippen MR) is 81.9 cm³/mol. The highest BCUT2D eigenvalue weighted by Crippen LogP contribution is 2.26. The van der Waals surface area contributed by atoms with E-state index in [-0.39, 0.29) is 8.55 Å². The first-order chi connectivity index (χ1) is 11.0. The molecule has 2 aromatic rings. The molecule has 0 radical (unpaired) electrons. The number of sulfonamides is 1. The number of rotatable bonds is 5. The van der Waals surface area contributed by atoms with Gasteiger partial charge in [0.05, 0.1) is 17.1 Å². The molecular formula is C11H8Cl2F3N3O3S2. The molecule has 0 fully saturated rings. The quantitative estimate of drug-likeness (QED) is 0.802. The maximum atomic E-state index is 12.2. The zero-order valence-electron chi connectivity index (χ0n) is 11.5. The van der Waals surface area contributed by atoms with Gasteiger partial charge in [-0.1, -0.05) is 23.2 Å². The fraction of sp³-hybridized carbons (Fsp3) is 0.273. The van der Waals surface area contributed by atoms with Gasteiger partial charge in [0, 0.05) is 6.54 Å². The molecule has 1 amide bonds. The van der Waals surface area contributed by atoms with E-state index in [0.717, 1.165) is 22.2 Å². The van der Waals surface area contributed by atoms with Crippen LogP contribution in [0.3, 0.4) is 0 Å². The van der Waals surface area contributed by atoms with Gasteiger partial charge in [-0.2, -0.15) is 13.2 Å². The van der Waals surface area contributed by atoms with Crippen molar-refractivity contribution in [2.75, 3.05) is 0 Å². The number of carbonyl (C=O) groups is 1. The highest BCUT2D eigenvalue weighted by Gasteiger charge is 2.28. The smallest absolute Gasteiger partial charge is 0.321 e. The van der Waals surface area contributed by atoms with Crippen molar-refractivity contribution in [1.29, 1.82) is 0 Å². The molecule has 132 valence electrons. The van der Waals surface area contributed by atoms with Crippen LogP contribution in [0.2, 0.25) is 9.49 Å². The standard InChI is InChI=1S/C11H8Cl2F3N3O3S2/c12-6-1-2-7(23-6)24(21,22)18-10(20)8-9(13)19(5-17-8)4-3-11(14,15)16/h1-2,5H,3-4H2,(H,18,20). The zero-order valence-corrected chi connectivity index (χ0v) is 14.6. The lowest BCUT2D eigenvalue weighted by atomic mass is 10.4. The van der Waals surface area contributed by atoms with Crippen LogP contribution in [0.25, 0.3) is 0 Å². The summed E-state index contributed by atoms with van der Waals surface area (Å²) in [6.45, 7) is -0.546. The van der Waals surface area contributed by atoms with Crippen molar-refractivity contribution < 1.29 is 26.4 Å². The minimum atomic E-state index is -4.40. The molecule has 0 spiro atoms. The van der Waals surface area contributed by atoms with Crippen LogP contribution in [0.15, 0.2) is 22.7 Å². The third-order valence-electron chi connectivity index (χ3n) is 2.67. The van der Waals surface area contributed by atoms with Crippen molar-refractivity contribution in [2.24, 2.45) is 0 Å². The Hall–Kier alpha value is -1.30. The number of halogens is 5. The van der Waals surface area contributed by atoms with Crippen LogP contribution in [-0.2, 0) is 16.6 Å². The molecule has 0 saturated heterocycles. The average molecular weight is 422 g/mol. The Morgan fingerprint density at radius 2 is 2.00 bits per heavy atom. The number of alkyl halides is 3. The van der Waals surface area contributed by atoms with Gasteiger partial charge in [0.25, 0.3) is 15.9 Å². The van der Waals surface area contributed by atoms with Crippen LogP contribution in [-0.4, -0.2) is 30.1 Å². The minimum Gasteiger partial charge on any atom is -0.321 e.